The Balaban J connectivity index is 1.19. The average molecular weight is 722 g/mol. The number of carboxylic acid groups (broad SMARTS) is 1. The molecule has 4 aromatic heterocycles. The minimum absolute atomic E-state index is 0.0399. The zero-order valence-electron chi connectivity index (χ0n) is 29.9. The van der Waals surface area contributed by atoms with Crippen molar-refractivity contribution in [3.63, 3.8) is 0 Å². The maximum absolute atomic E-state index is 14.2. The summed E-state index contributed by atoms with van der Waals surface area (Å²) >= 11 is 0. The number of rotatable bonds is 13. The number of ether oxygens (including phenoxy) is 1. The quantitative estimate of drug-likeness (QED) is 0.159. The number of methoxy groups -OCH3 is 1. The largest absolute Gasteiger partial charge is 0.481 e. The highest BCUT2D eigenvalue weighted by molar-refractivity contribution is 5.91. The van der Waals surface area contributed by atoms with Gasteiger partial charge in [-0.25, -0.2) is 19.9 Å². The molecule has 0 amide bonds. The van der Waals surface area contributed by atoms with Crippen LogP contribution in [0.4, 0.5) is 24.7 Å². The number of piperazine rings is 1. The molecule has 5 heterocycles. The Kier molecular flexibility index (Phi) is 10.1. The number of imidazole rings is 1. The van der Waals surface area contributed by atoms with E-state index in [4.69, 9.17) is 29.8 Å². The van der Waals surface area contributed by atoms with E-state index in [0.29, 0.717) is 60.8 Å². The Bertz CT molecular complexity index is 1890. The van der Waals surface area contributed by atoms with E-state index in [1.807, 2.05) is 13.1 Å². The predicted octanol–water partition coefficient (Wildman–Crippen LogP) is 6.39. The SMILES string of the molecule is COCC1(CN(C)c2cc(-c3cnc(C4CC4)c(C(F)(F)F)c3)nc3nc(-c4cnc(N5CCN(CCCC(=O)O)[C@@H](C)C5)cn4)[nH]c23)CCCC1. The Morgan fingerprint density at radius 3 is 2.52 bits per heavy atom. The summed E-state index contributed by atoms with van der Waals surface area (Å²) in [6.07, 6.45) is 6.87. The highest BCUT2D eigenvalue weighted by atomic mass is 19.4. The van der Waals surface area contributed by atoms with Gasteiger partial charge in [-0.2, -0.15) is 13.2 Å². The van der Waals surface area contributed by atoms with Crippen molar-refractivity contribution in [3.8, 4) is 22.8 Å². The summed E-state index contributed by atoms with van der Waals surface area (Å²) in [5.41, 5.74) is 2.30. The Morgan fingerprint density at radius 1 is 1.08 bits per heavy atom. The molecular formula is C37H46F3N9O3. The first-order valence-corrected chi connectivity index (χ1v) is 18.1. The number of H-pyrrole nitrogens is 1. The van der Waals surface area contributed by atoms with Crippen LogP contribution >= 0.6 is 0 Å². The van der Waals surface area contributed by atoms with Gasteiger partial charge in [0.1, 0.15) is 17.0 Å². The van der Waals surface area contributed by atoms with Crippen molar-refractivity contribution in [1.82, 2.24) is 34.8 Å². The summed E-state index contributed by atoms with van der Waals surface area (Å²) < 4.78 is 48.4. The number of anilines is 2. The number of aromatic amines is 1. The molecule has 1 aliphatic heterocycles. The lowest BCUT2D eigenvalue weighted by Crippen LogP contribution is -2.52. The number of hydrogen-bond donors (Lipinski definition) is 2. The number of nitrogens with one attached hydrogen (secondary N) is 1. The van der Waals surface area contributed by atoms with E-state index >= 15 is 0 Å². The molecule has 2 N–H and O–H groups in total. The molecule has 1 atom stereocenters. The Labute approximate surface area is 300 Å². The number of aliphatic carboxylic acids is 1. The fraction of sp³-hybridized carbons (Fsp3) is 0.568. The third kappa shape index (κ3) is 7.70. The number of carbonyl (C=O) groups is 1. The first-order valence-electron chi connectivity index (χ1n) is 18.1. The molecule has 0 radical (unpaired) electrons. The smallest absolute Gasteiger partial charge is 0.418 e. The number of aromatic nitrogens is 6. The van der Waals surface area contributed by atoms with Crippen LogP contribution in [0.15, 0.2) is 30.7 Å². The van der Waals surface area contributed by atoms with Gasteiger partial charge in [-0.3, -0.25) is 14.7 Å². The summed E-state index contributed by atoms with van der Waals surface area (Å²) in [6.45, 7) is 6.47. The maximum atomic E-state index is 14.2. The molecule has 15 heteroatoms. The lowest BCUT2D eigenvalue weighted by molar-refractivity contribution is -0.139. The summed E-state index contributed by atoms with van der Waals surface area (Å²) in [5, 5.41) is 8.99. The third-order valence-electron chi connectivity index (χ3n) is 10.8. The van der Waals surface area contributed by atoms with Crippen LogP contribution in [0.2, 0.25) is 0 Å². The predicted molar refractivity (Wildman–Crippen MR) is 191 cm³/mol. The molecule has 0 spiro atoms. The summed E-state index contributed by atoms with van der Waals surface area (Å²) in [4.78, 5) is 44.3. The molecule has 12 nitrogen and oxygen atoms in total. The highest BCUT2D eigenvalue weighted by Crippen LogP contribution is 2.46. The molecule has 1 saturated heterocycles. The van der Waals surface area contributed by atoms with Gasteiger partial charge in [0, 0.05) is 75.9 Å². The first kappa shape index (κ1) is 36.0. The number of carboxylic acids is 1. The van der Waals surface area contributed by atoms with Crippen molar-refractivity contribution in [2.45, 2.75) is 76.4 Å². The average Bonchev–Trinajstić information content (AvgIpc) is 3.71. The number of halogens is 3. The van der Waals surface area contributed by atoms with E-state index in [2.05, 4.69) is 31.6 Å². The fourth-order valence-corrected chi connectivity index (χ4v) is 8.01. The summed E-state index contributed by atoms with van der Waals surface area (Å²) in [5.74, 6) is 0.257. The van der Waals surface area contributed by atoms with Crippen molar-refractivity contribution in [2.75, 3.05) is 63.3 Å². The highest BCUT2D eigenvalue weighted by Gasteiger charge is 2.40. The standard InChI is InChI=1S/C37H46F3N9O3/c1-23-20-49(14-13-48(23)12-6-7-31(50)51)30-19-41-28(18-42-30)34-45-33-29(47(2)21-36(22-52-3)10-4-5-11-36)16-27(44-35(33)46-34)25-15-26(37(38,39)40)32(43-17-25)24-8-9-24/h15-19,23-24H,4-14,20-22H2,1-3H3,(H,50,51)(H,44,45,46)/t23-/m0/s1. The van der Waals surface area contributed by atoms with E-state index in [1.165, 1.54) is 12.3 Å². The van der Waals surface area contributed by atoms with Crippen LogP contribution in [-0.4, -0.2) is 105 Å². The second-order valence-electron chi connectivity index (χ2n) is 14.8. The van der Waals surface area contributed by atoms with Gasteiger partial charge in [-0.05, 0) is 57.7 Å². The maximum Gasteiger partial charge on any atom is 0.418 e. The molecule has 0 unspecified atom stereocenters. The molecule has 7 rings (SSSR count). The van der Waals surface area contributed by atoms with E-state index < -0.39 is 17.7 Å². The van der Waals surface area contributed by atoms with Crippen LogP contribution in [0.25, 0.3) is 33.9 Å². The molecule has 278 valence electrons. The summed E-state index contributed by atoms with van der Waals surface area (Å²) in [6, 6.07) is 3.23. The van der Waals surface area contributed by atoms with Gasteiger partial charge in [0.25, 0.3) is 0 Å². The van der Waals surface area contributed by atoms with Crippen LogP contribution in [-0.2, 0) is 15.7 Å². The molecule has 4 aromatic rings. The monoisotopic (exact) mass is 721 g/mol. The number of alkyl halides is 3. The molecule has 2 aliphatic carbocycles. The zero-order valence-corrected chi connectivity index (χ0v) is 29.9. The number of fused-ring (bicyclic) bond motifs is 1. The van der Waals surface area contributed by atoms with Gasteiger partial charge in [-0.1, -0.05) is 12.8 Å². The first-order chi connectivity index (χ1) is 24.9. The minimum atomic E-state index is -4.53. The van der Waals surface area contributed by atoms with Crippen molar-refractivity contribution in [3.05, 3.63) is 42.0 Å². The van der Waals surface area contributed by atoms with Gasteiger partial charge in [-0.15, -0.1) is 0 Å². The van der Waals surface area contributed by atoms with Gasteiger partial charge >= 0.3 is 12.1 Å². The fourth-order valence-electron chi connectivity index (χ4n) is 8.01. The van der Waals surface area contributed by atoms with Gasteiger partial charge in [0.15, 0.2) is 11.5 Å². The lowest BCUT2D eigenvalue weighted by atomic mass is 9.86. The number of hydrogen-bond acceptors (Lipinski definition) is 10. The number of pyridine rings is 2. The van der Waals surface area contributed by atoms with E-state index in [9.17, 15) is 18.0 Å². The van der Waals surface area contributed by atoms with Crippen LogP contribution in [0.5, 0.6) is 0 Å². The van der Waals surface area contributed by atoms with E-state index in [0.717, 1.165) is 63.4 Å². The van der Waals surface area contributed by atoms with Gasteiger partial charge in [0.2, 0.25) is 0 Å². The topological polar surface area (TPSA) is 136 Å². The normalized spacial score (nSPS) is 19.4. The van der Waals surface area contributed by atoms with Crippen LogP contribution in [0.1, 0.15) is 75.5 Å². The zero-order chi connectivity index (χ0) is 36.6. The molecule has 3 fully saturated rings. The van der Waals surface area contributed by atoms with E-state index in [1.54, 1.807) is 19.5 Å². The number of nitrogens with zero attached hydrogens (tertiary/aromatic N) is 8. The second kappa shape index (κ2) is 14.6. The minimum Gasteiger partial charge on any atom is -0.481 e. The second-order valence-corrected chi connectivity index (χ2v) is 14.8. The van der Waals surface area contributed by atoms with Crippen molar-refractivity contribution in [1.29, 1.82) is 0 Å². The van der Waals surface area contributed by atoms with Gasteiger partial charge in [0.05, 0.1) is 41.6 Å². The molecule has 3 aliphatic rings. The van der Waals surface area contributed by atoms with Gasteiger partial charge < -0.3 is 24.6 Å². The Hall–Kier alpha value is -4.37. The van der Waals surface area contributed by atoms with Crippen molar-refractivity contribution >= 4 is 28.6 Å². The van der Waals surface area contributed by atoms with Crippen LogP contribution in [0, 0.1) is 5.41 Å². The van der Waals surface area contributed by atoms with Crippen LogP contribution < -0.4 is 9.80 Å². The molecule has 0 bridgehead atoms. The molecular weight excluding hydrogens is 675 g/mol. The van der Waals surface area contributed by atoms with E-state index in [-0.39, 0.29) is 35.1 Å². The van der Waals surface area contributed by atoms with Crippen molar-refractivity contribution in [2.24, 2.45) is 5.41 Å². The summed E-state index contributed by atoms with van der Waals surface area (Å²) in [7, 11) is 3.71. The van der Waals surface area contributed by atoms with Crippen molar-refractivity contribution < 1.29 is 27.8 Å². The Morgan fingerprint density at radius 2 is 1.87 bits per heavy atom. The van der Waals surface area contributed by atoms with Crippen LogP contribution in [0.3, 0.4) is 0 Å². The molecule has 2 saturated carbocycles. The molecule has 52 heavy (non-hydrogen) atoms. The lowest BCUT2D eigenvalue weighted by Gasteiger charge is -2.40. The third-order valence-corrected chi connectivity index (χ3v) is 10.8. The molecule has 0 aromatic carbocycles.